The van der Waals surface area contributed by atoms with Crippen LogP contribution in [0, 0.1) is 12.8 Å². The van der Waals surface area contributed by atoms with Crippen LogP contribution in [0.25, 0.3) is 10.9 Å². The monoisotopic (exact) mass is 363 g/mol. The zero-order valence-corrected chi connectivity index (χ0v) is 16.0. The van der Waals surface area contributed by atoms with Gasteiger partial charge in [-0.1, -0.05) is 25.1 Å². The molecule has 4 heteroatoms. The molecule has 3 aromatic rings. The number of hydrogen-bond donors (Lipinski definition) is 2. The summed E-state index contributed by atoms with van der Waals surface area (Å²) in [6, 6.07) is 15.3. The minimum Gasteiger partial charge on any atom is -0.457 e. The van der Waals surface area contributed by atoms with E-state index in [4.69, 9.17) is 4.74 Å². The minimum atomic E-state index is 0.130. The molecule has 0 bridgehead atoms. The highest BCUT2D eigenvalue weighted by atomic mass is 16.5. The number of ether oxygens (including phenoxy) is 1. The number of aromatic amines is 1. The SMILES string of the molecule is Cc1[nH]c2ccc(Oc3ccccc3)cc2c(=O)c1C[NH+]1CCC(C)CC1. The number of aryl methyl sites for hydroxylation is 1. The van der Waals surface area contributed by atoms with Crippen LogP contribution in [0.5, 0.6) is 11.5 Å². The quantitative estimate of drug-likeness (QED) is 0.746. The van der Waals surface area contributed by atoms with Crippen LogP contribution in [0.2, 0.25) is 0 Å². The predicted molar refractivity (Wildman–Crippen MR) is 109 cm³/mol. The molecule has 2 heterocycles. The van der Waals surface area contributed by atoms with Crippen molar-refractivity contribution in [1.82, 2.24) is 4.98 Å². The fraction of sp³-hybridized carbons (Fsp3) is 0.348. The van der Waals surface area contributed by atoms with Gasteiger partial charge in [0, 0.05) is 16.6 Å². The van der Waals surface area contributed by atoms with E-state index in [1.54, 1.807) is 0 Å². The number of hydrogen-bond acceptors (Lipinski definition) is 2. The topological polar surface area (TPSA) is 46.5 Å². The molecule has 0 radical (unpaired) electrons. The first-order valence-corrected chi connectivity index (χ1v) is 9.82. The number of para-hydroxylation sites is 1. The molecule has 1 aliphatic heterocycles. The van der Waals surface area contributed by atoms with Crippen molar-refractivity contribution in [3.63, 3.8) is 0 Å². The lowest BCUT2D eigenvalue weighted by atomic mass is 9.98. The number of rotatable bonds is 4. The Hall–Kier alpha value is -2.59. The van der Waals surface area contributed by atoms with Gasteiger partial charge in [-0.15, -0.1) is 0 Å². The Labute approximate surface area is 159 Å². The Morgan fingerprint density at radius 1 is 1.07 bits per heavy atom. The van der Waals surface area contributed by atoms with Gasteiger partial charge in [-0.25, -0.2) is 0 Å². The van der Waals surface area contributed by atoms with Crippen molar-refractivity contribution < 1.29 is 9.64 Å². The van der Waals surface area contributed by atoms with Gasteiger partial charge in [-0.2, -0.15) is 0 Å². The number of H-pyrrole nitrogens is 1. The Kier molecular flexibility index (Phi) is 4.99. The average Bonchev–Trinajstić information content (AvgIpc) is 2.68. The molecule has 4 nitrogen and oxygen atoms in total. The first-order chi connectivity index (χ1) is 13.1. The third-order valence-corrected chi connectivity index (χ3v) is 5.67. The molecule has 1 fully saturated rings. The minimum absolute atomic E-state index is 0.130. The molecule has 1 aromatic heterocycles. The van der Waals surface area contributed by atoms with Crippen molar-refractivity contribution in [2.24, 2.45) is 5.92 Å². The third-order valence-electron chi connectivity index (χ3n) is 5.67. The van der Waals surface area contributed by atoms with Crippen molar-refractivity contribution in [3.05, 3.63) is 70.0 Å². The summed E-state index contributed by atoms with van der Waals surface area (Å²) in [6.45, 7) is 7.42. The lowest BCUT2D eigenvalue weighted by Gasteiger charge is -2.27. The van der Waals surface area contributed by atoms with E-state index in [0.29, 0.717) is 11.1 Å². The molecule has 4 rings (SSSR count). The molecule has 0 spiro atoms. The number of likely N-dealkylation sites (tertiary alicyclic amines) is 1. The van der Waals surface area contributed by atoms with Gasteiger partial charge >= 0.3 is 0 Å². The Balaban J connectivity index is 1.65. The maximum atomic E-state index is 13.2. The standard InChI is InChI=1S/C23H26N2O2/c1-16-10-12-25(13-11-16)15-21-17(2)24-22-9-8-19(14-20(22)23(21)26)27-18-6-4-3-5-7-18/h3-9,14,16H,10-13,15H2,1-2H3,(H,24,26)/p+1. The van der Waals surface area contributed by atoms with Crippen molar-refractivity contribution >= 4 is 10.9 Å². The molecule has 27 heavy (non-hydrogen) atoms. The van der Waals surface area contributed by atoms with Gasteiger partial charge in [-0.05, 0) is 56.0 Å². The van der Waals surface area contributed by atoms with Gasteiger partial charge in [0.2, 0.25) is 0 Å². The number of pyridine rings is 1. The van der Waals surface area contributed by atoms with Crippen LogP contribution in [0.4, 0.5) is 0 Å². The fourth-order valence-electron chi connectivity index (χ4n) is 3.93. The Morgan fingerprint density at radius 2 is 1.81 bits per heavy atom. The van der Waals surface area contributed by atoms with E-state index in [0.717, 1.165) is 48.1 Å². The van der Waals surface area contributed by atoms with E-state index in [1.165, 1.54) is 17.7 Å². The lowest BCUT2D eigenvalue weighted by molar-refractivity contribution is -0.919. The summed E-state index contributed by atoms with van der Waals surface area (Å²) in [6.07, 6.45) is 2.49. The highest BCUT2D eigenvalue weighted by Gasteiger charge is 2.21. The summed E-state index contributed by atoms with van der Waals surface area (Å²) in [4.78, 5) is 18.1. The van der Waals surface area contributed by atoms with Crippen LogP contribution in [0.3, 0.4) is 0 Å². The van der Waals surface area contributed by atoms with Crippen LogP contribution >= 0.6 is 0 Å². The number of nitrogens with one attached hydrogen (secondary N) is 2. The number of piperidine rings is 1. The van der Waals surface area contributed by atoms with E-state index < -0.39 is 0 Å². The Morgan fingerprint density at radius 3 is 2.56 bits per heavy atom. The molecule has 0 unspecified atom stereocenters. The van der Waals surface area contributed by atoms with Gasteiger partial charge in [-0.3, -0.25) is 4.79 Å². The molecule has 140 valence electrons. The number of aromatic nitrogens is 1. The third kappa shape index (κ3) is 3.91. The number of quaternary nitrogens is 1. The first-order valence-electron chi connectivity index (χ1n) is 9.82. The number of benzene rings is 2. The van der Waals surface area contributed by atoms with Crippen LogP contribution in [0.15, 0.2) is 53.3 Å². The zero-order chi connectivity index (χ0) is 18.8. The smallest absolute Gasteiger partial charge is 0.198 e. The normalized spacial score (nSPS) is 19.9. The maximum Gasteiger partial charge on any atom is 0.198 e. The van der Waals surface area contributed by atoms with Gasteiger partial charge in [0.1, 0.15) is 18.0 Å². The molecule has 2 aromatic carbocycles. The number of fused-ring (bicyclic) bond motifs is 1. The summed E-state index contributed by atoms with van der Waals surface area (Å²) in [5.41, 5.74) is 2.88. The van der Waals surface area contributed by atoms with Gasteiger partial charge in [0.25, 0.3) is 0 Å². The van der Waals surface area contributed by atoms with Crippen LogP contribution < -0.4 is 15.1 Å². The van der Waals surface area contributed by atoms with Crippen molar-refractivity contribution in [3.8, 4) is 11.5 Å². The van der Waals surface area contributed by atoms with Crippen molar-refractivity contribution in [1.29, 1.82) is 0 Å². The zero-order valence-electron chi connectivity index (χ0n) is 16.0. The highest BCUT2D eigenvalue weighted by Crippen LogP contribution is 2.24. The fourth-order valence-corrected chi connectivity index (χ4v) is 3.93. The molecule has 0 atom stereocenters. The highest BCUT2D eigenvalue weighted by molar-refractivity contribution is 5.81. The second kappa shape index (κ2) is 7.57. The van der Waals surface area contributed by atoms with Crippen molar-refractivity contribution in [2.75, 3.05) is 13.1 Å². The van der Waals surface area contributed by atoms with E-state index in [-0.39, 0.29) is 5.43 Å². The molecular weight excluding hydrogens is 336 g/mol. The summed E-state index contributed by atoms with van der Waals surface area (Å²) >= 11 is 0. The van der Waals surface area contributed by atoms with E-state index in [2.05, 4.69) is 11.9 Å². The second-order valence-corrected chi connectivity index (χ2v) is 7.79. The second-order valence-electron chi connectivity index (χ2n) is 7.79. The molecule has 2 N–H and O–H groups in total. The van der Waals surface area contributed by atoms with Crippen LogP contribution in [-0.2, 0) is 6.54 Å². The average molecular weight is 363 g/mol. The molecule has 0 aliphatic carbocycles. The molecule has 1 aliphatic rings. The molecular formula is C23H27N2O2+. The van der Waals surface area contributed by atoms with Gasteiger partial charge in [0.05, 0.1) is 18.7 Å². The molecule has 1 saturated heterocycles. The van der Waals surface area contributed by atoms with Gasteiger partial charge in [0.15, 0.2) is 5.43 Å². The summed E-state index contributed by atoms with van der Waals surface area (Å²) in [7, 11) is 0. The Bertz CT molecular complexity index is 986. The summed E-state index contributed by atoms with van der Waals surface area (Å²) in [5.74, 6) is 2.27. The van der Waals surface area contributed by atoms with Gasteiger partial charge < -0.3 is 14.6 Å². The van der Waals surface area contributed by atoms with Crippen LogP contribution in [-0.4, -0.2) is 18.1 Å². The van der Waals surface area contributed by atoms with E-state index in [9.17, 15) is 4.79 Å². The van der Waals surface area contributed by atoms with Crippen molar-refractivity contribution in [2.45, 2.75) is 33.2 Å². The molecule has 0 amide bonds. The lowest BCUT2D eigenvalue weighted by Crippen LogP contribution is -3.12. The van der Waals surface area contributed by atoms with E-state index in [1.807, 2.05) is 55.5 Å². The van der Waals surface area contributed by atoms with Crippen LogP contribution in [0.1, 0.15) is 31.0 Å². The largest absolute Gasteiger partial charge is 0.457 e. The first kappa shape index (κ1) is 17.8. The van der Waals surface area contributed by atoms with E-state index >= 15 is 0 Å². The summed E-state index contributed by atoms with van der Waals surface area (Å²) < 4.78 is 5.92. The summed E-state index contributed by atoms with van der Waals surface area (Å²) in [5, 5.41) is 0.703. The molecule has 0 saturated carbocycles. The maximum absolute atomic E-state index is 13.2. The predicted octanol–water partition coefficient (Wildman–Crippen LogP) is 3.44.